The Morgan fingerprint density at radius 1 is 0.314 bits per heavy atom. The lowest BCUT2D eigenvalue weighted by Crippen LogP contribution is -2.20. The van der Waals surface area contributed by atoms with E-state index in [4.69, 9.17) is 5.73 Å². The zero-order valence-electron chi connectivity index (χ0n) is 49.0. The summed E-state index contributed by atoms with van der Waals surface area (Å²) in [5, 5.41) is 9.74. The molecule has 0 bridgehead atoms. The molecule has 0 unspecified atom stereocenters. The maximum Gasteiger partial charge on any atom is 0.0599 e. The molecule has 5 N–H and O–H groups in total. The molecule has 0 aliphatic heterocycles. The van der Waals surface area contributed by atoms with Gasteiger partial charge >= 0.3 is 0 Å². The Labute approximate surface area is 442 Å². The summed E-state index contributed by atoms with van der Waals surface area (Å²) < 4.78 is 0. The molecule has 0 amide bonds. The number of hydrogen-bond acceptors (Lipinski definition) is 6. The monoisotopic (exact) mass is 981 g/mol. The zero-order chi connectivity index (χ0) is 51.6. The Bertz CT molecular complexity index is 1110. The standard InChI is InChI=1S/C23H46N2.C21H42N2.C20H40N2/c1-5-6-7-8-9-10-11-12-13-14-15-16-17-18-22-25(4)23-20-19-21-24(2)3;1-3-4-5-6-7-8-9-10-11-12-13-14-15-16-20-23-21-18-17-19-22-2;1-2-3-4-5-6-7-8-9-10-11-12-13-14-16-19-22-20-17-15-18-21/h5-18,21-23H2,1-4H3;22-23H,3-16,19-21H2,1-2H3;22H,2-14,16,18-21H2,1H3. The van der Waals surface area contributed by atoms with Crippen molar-refractivity contribution in [3.63, 3.8) is 0 Å². The first-order valence-corrected chi connectivity index (χ1v) is 31.0. The van der Waals surface area contributed by atoms with E-state index in [0.29, 0.717) is 6.54 Å². The van der Waals surface area contributed by atoms with Crippen molar-refractivity contribution in [3.8, 4) is 35.5 Å². The first kappa shape index (κ1) is 72.7. The van der Waals surface area contributed by atoms with Gasteiger partial charge in [0.05, 0.1) is 39.3 Å². The maximum atomic E-state index is 5.30. The van der Waals surface area contributed by atoms with Crippen LogP contribution in [0, 0.1) is 35.5 Å². The van der Waals surface area contributed by atoms with Gasteiger partial charge in [-0.05, 0) is 67.1 Å². The Kier molecular flexibility index (Phi) is 74.4. The van der Waals surface area contributed by atoms with Crippen molar-refractivity contribution in [1.29, 1.82) is 0 Å². The van der Waals surface area contributed by atoms with Crippen LogP contribution in [0.1, 0.15) is 290 Å². The third-order valence-electron chi connectivity index (χ3n) is 13.2. The molecule has 0 saturated carbocycles. The number of hydrogen-bond donors (Lipinski definition) is 4. The van der Waals surface area contributed by atoms with Crippen molar-refractivity contribution in [3.05, 3.63) is 0 Å². The molecule has 0 fully saturated rings. The third-order valence-corrected chi connectivity index (χ3v) is 13.2. The lowest BCUT2D eigenvalue weighted by Gasteiger charge is -2.12. The molecule has 0 aliphatic rings. The Balaban J connectivity index is -0.000000964. The fraction of sp³-hybridized carbons (Fsp3) is 0.906. The van der Waals surface area contributed by atoms with Crippen molar-refractivity contribution < 1.29 is 0 Å². The highest BCUT2D eigenvalue weighted by Crippen LogP contribution is 2.15. The van der Waals surface area contributed by atoms with Crippen molar-refractivity contribution in [1.82, 2.24) is 25.8 Å². The molecule has 0 spiro atoms. The van der Waals surface area contributed by atoms with E-state index in [-0.39, 0.29) is 0 Å². The van der Waals surface area contributed by atoms with Crippen LogP contribution in [0.4, 0.5) is 0 Å². The predicted octanol–water partition coefficient (Wildman–Crippen LogP) is 16.3. The van der Waals surface area contributed by atoms with E-state index in [1.165, 1.54) is 276 Å². The molecule has 0 aliphatic carbocycles. The lowest BCUT2D eigenvalue weighted by molar-refractivity contribution is 0.360. The van der Waals surface area contributed by atoms with Gasteiger partial charge in [0.1, 0.15) is 0 Å². The molecule has 0 atom stereocenters. The van der Waals surface area contributed by atoms with Crippen molar-refractivity contribution in [2.24, 2.45) is 5.73 Å². The third kappa shape index (κ3) is 77.9. The zero-order valence-corrected chi connectivity index (χ0v) is 49.0. The quantitative estimate of drug-likeness (QED) is 0.0360. The van der Waals surface area contributed by atoms with Gasteiger partial charge in [-0.1, -0.05) is 307 Å². The average Bonchev–Trinajstić information content (AvgIpc) is 3.36. The summed E-state index contributed by atoms with van der Waals surface area (Å²) in [4.78, 5) is 4.46. The minimum Gasteiger partial charge on any atom is -0.320 e. The molecular weight excluding hydrogens is 853 g/mol. The molecule has 6 nitrogen and oxygen atoms in total. The van der Waals surface area contributed by atoms with Crippen LogP contribution < -0.4 is 21.7 Å². The fourth-order valence-electron chi connectivity index (χ4n) is 8.60. The van der Waals surface area contributed by atoms with Crippen molar-refractivity contribution in [2.45, 2.75) is 290 Å². The van der Waals surface area contributed by atoms with E-state index >= 15 is 0 Å². The van der Waals surface area contributed by atoms with Crippen LogP contribution in [0.2, 0.25) is 0 Å². The number of nitrogens with two attached hydrogens (primary N) is 1. The van der Waals surface area contributed by atoms with E-state index < -0.39 is 0 Å². The van der Waals surface area contributed by atoms with Gasteiger partial charge in [-0.25, -0.2) is 0 Å². The molecule has 0 rings (SSSR count). The number of unbranched alkanes of at least 4 members (excludes halogenated alkanes) is 39. The lowest BCUT2D eigenvalue weighted by atomic mass is 10.0. The minimum absolute atomic E-state index is 0.473. The summed E-state index contributed by atoms with van der Waals surface area (Å²) in [5.41, 5.74) is 5.30. The predicted molar refractivity (Wildman–Crippen MR) is 319 cm³/mol. The van der Waals surface area contributed by atoms with E-state index in [0.717, 1.165) is 45.8 Å². The summed E-state index contributed by atoms with van der Waals surface area (Å²) in [5.74, 6) is 18.5. The van der Waals surface area contributed by atoms with Gasteiger partial charge < -0.3 is 21.7 Å². The van der Waals surface area contributed by atoms with Crippen LogP contribution in [0.15, 0.2) is 0 Å². The maximum absolute atomic E-state index is 5.30. The van der Waals surface area contributed by atoms with Crippen LogP contribution in [0.3, 0.4) is 0 Å². The second kappa shape index (κ2) is 71.7. The molecule has 414 valence electrons. The summed E-state index contributed by atoms with van der Waals surface area (Å²) in [6.45, 7) is 14.9. The topological polar surface area (TPSA) is 68.6 Å². The van der Waals surface area contributed by atoms with Gasteiger partial charge in [0.15, 0.2) is 0 Å². The fourth-order valence-corrected chi connectivity index (χ4v) is 8.60. The number of nitrogens with one attached hydrogen (secondary N) is 3. The van der Waals surface area contributed by atoms with Crippen LogP contribution in [-0.4, -0.2) is 96.9 Å². The van der Waals surface area contributed by atoms with E-state index in [9.17, 15) is 0 Å². The Morgan fingerprint density at radius 3 is 0.886 bits per heavy atom. The summed E-state index contributed by atoms with van der Waals surface area (Å²) >= 11 is 0. The van der Waals surface area contributed by atoms with Crippen LogP contribution >= 0.6 is 0 Å². The first-order valence-electron chi connectivity index (χ1n) is 31.0. The smallest absolute Gasteiger partial charge is 0.0599 e. The van der Waals surface area contributed by atoms with E-state index in [2.05, 4.69) is 103 Å². The molecule has 0 aromatic heterocycles. The van der Waals surface area contributed by atoms with Gasteiger partial charge in [0.2, 0.25) is 0 Å². The molecule has 6 heteroatoms. The van der Waals surface area contributed by atoms with Gasteiger partial charge in [0, 0.05) is 0 Å². The van der Waals surface area contributed by atoms with Crippen LogP contribution in [-0.2, 0) is 0 Å². The van der Waals surface area contributed by atoms with Crippen LogP contribution in [0.5, 0.6) is 0 Å². The molecule has 0 aromatic carbocycles. The van der Waals surface area contributed by atoms with Crippen molar-refractivity contribution >= 4 is 0 Å². The summed E-state index contributed by atoms with van der Waals surface area (Å²) in [6, 6.07) is 0. The van der Waals surface area contributed by atoms with Gasteiger partial charge in [-0.2, -0.15) is 0 Å². The van der Waals surface area contributed by atoms with E-state index in [1.54, 1.807) is 0 Å². The molecule has 0 heterocycles. The molecule has 0 aromatic rings. The largest absolute Gasteiger partial charge is 0.320 e. The number of rotatable bonds is 50. The molecule has 0 saturated heterocycles. The minimum atomic E-state index is 0.473. The van der Waals surface area contributed by atoms with Gasteiger partial charge in [-0.15, -0.1) is 0 Å². The second-order valence-electron chi connectivity index (χ2n) is 20.9. The Morgan fingerprint density at radius 2 is 0.586 bits per heavy atom. The summed E-state index contributed by atoms with van der Waals surface area (Å²) in [6.07, 6.45) is 59.8. The first-order chi connectivity index (χ1) is 34.5. The molecule has 70 heavy (non-hydrogen) atoms. The van der Waals surface area contributed by atoms with Crippen molar-refractivity contribution in [2.75, 3.05) is 87.1 Å². The second-order valence-corrected chi connectivity index (χ2v) is 20.9. The van der Waals surface area contributed by atoms with Gasteiger partial charge in [0.25, 0.3) is 0 Å². The molecule has 0 radical (unpaired) electrons. The highest BCUT2D eigenvalue weighted by atomic mass is 15.1. The molecular formula is C64H128N6. The number of nitrogens with zero attached hydrogens (tertiary/aromatic N) is 2. The SMILES string of the molecule is CCCCCCCCCCCCCCCCN(C)CC#CCN(C)C.CCCCCCCCCCCCCCCCNCC#CCN.CCCCCCCCCCCCCCCCNCC#CCNC. The van der Waals surface area contributed by atoms with Gasteiger partial charge in [-0.3, -0.25) is 9.80 Å². The normalized spacial score (nSPS) is 10.7. The van der Waals surface area contributed by atoms with E-state index in [1.807, 2.05) is 7.05 Å². The Hall–Kier alpha value is -1.56. The van der Waals surface area contributed by atoms with Crippen LogP contribution in [0.25, 0.3) is 0 Å². The highest BCUT2D eigenvalue weighted by molar-refractivity contribution is 5.03. The average molecular weight is 982 g/mol. The highest BCUT2D eigenvalue weighted by Gasteiger charge is 1.99. The summed E-state index contributed by atoms with van der Waals surface area (Å²) in [7, 11) is 8.24.